The molecule has 1 amide bonds. The predicted octanol–water partition coefficient (Wildman–Crippen LogP) is 2.61. The first kappa shape index (κ1) is 25.5. The molecule has 1 heterocycles. The summed E-state index contributed by atoms with van der Waals surface area (Å²) in [5.41, 5.74) is 2.82. The quantitative estimate of drug-likeness (QED) is 0.468. The molecule has 0 bridgehead atoms. The third-order valence-corrected chi connectivity index (χ3v) is 7.15. The van der Waals surface area contributed by atoms with Gasteiger partial charge < -0.3 is 20.0 Å². The van der Waals surface area contributed by atoms with E-state index in [2.05, 4.69) is 10.8 Å². The number of aliphatic hydroxyl groups excluding tert-OH is 1. The molecule has 2 aromatic carbocycles. The summed E-state index contributed by atoms with van der Waals surface area (Å²) < 4.78 is 34.8. The Labute approximate surface area is 197 Å². The van der Waals surface area contributed by atoms with E-state index in [-0.39, 0.29) is 22.9 Å². The minimum atomic E-state index is -2.27. The van der Waals surface area contributed by atoms with Gasteiger partial charge in [-0.1, -0.05) is 31.8 Å². The van der Waals surface area contributed by atoms with E-state index in [4.69, 9.17) is 9.57 Å². The Morgan fingerprint density at radius 2 is 1.79 bits per heavy atom. The van der Waals surface area contributed by atoms with Gasteiger partial charge >= 0.3 is 0 Å². The Morgan fingerprint density at radius 3 is 2.29 bits per heavy atom. The lowest BCUT2D eigenvalue weighted by molar-refractivity contribution is -0.128. The molecule has 0 saturated carbocycles. The fraction of sp³-hybridized carbons (Fsp3) is 0.333. The van der Waals surface area contributed by atoms with Crippen molar-refractivity contribution in [3.05, 3.63) is 71.0 Å². The summed E-state index contributed by atoms with van der Waals surface area (Å²) in [6.07, 6.45) is -0.315. The fourth-order valence-corrected chi connectivity index (χ4v) is 5.26. The van der Waals surface area contributed by atoms with Crippen LogP contribution in [-0.4, -0.2) is 37.7 Å². The third-order valence-electron chi connectivity index (χ3n) is 5.17. The zero-order chi connectivity index (χ0) is 25.0. The smallest absolute Gasteiger partial charge is 0.289 e. The zero-order valence-electron chi connectivity index (χ0n) is 19.4. The summed E-state index contributed by atoms with van der Waals surface area (Å²) in [7, 11) is -2.27. The highest BCUT2D eigenvalue weighted by Gasteiger charge is 2.29. The Kier molecular flexibility index (Phi) is 7.85. The number of carbonyl (C=O) groups is 2. The van der Waals surface area contributed by atoms with Crippen LogP contribution in [-0.2, 0) is 20.8 Å². The van der Waals surface area contributed by atoms with Crippen molar-refractivity contribution < 1.29 is 33.1 Å². The van der Waals surface area contributed by atoms with Crippen LogP contribution in [0.5, 0.6) is 5.75 Å². The van der Waals surface area contributed by atoms with Crippen LogP contribution in [0.4, 0.5) is 8.78 Å². The van der Waals surface area contributed by atoms with E-state index in [1.807, 2.05) is 26.6 Å². The molecule has 1 aliphatic rings. The van der Waals surface area contributed by atoms with Gasteiger partial charge in [0.05, 0.1) is 14.7 Å². The number of ketones is 1. The number of hydroxylamine groups is 1. The zero-order valence-corrected chi connectivity index (χ0v) is 20.4. The topological polar surface area (TPSA) is 96.9 Å². The highest BCUT2D eigenvalue weighted by Crippen LogP contribution is 2.22. The molecule has 0 saturated heterocycles. The average molecular weight is 491 g/mol. The van der Waals surface area contributed by atoms with Crippen LogP contribution in [0.25, 0.3) is 0 Å². The van der Waals surface area contributed by atoms with Gasteiger partial charge in [0.1, 0.15) is 23.4 Å². The van der Waals surface area contributed by atoms with Crippen molar-refractivity contribution in [2.24, 2.45) is 0 Å². The summed E-state index contributed by atoms with van der Waals surface area (Å²) in [6.45, 7) is 7.81. The molecule has 34 heavy (non-hydrogen) atoms. The van der Waals surface area contributed by atoms with Crippen LogP contribution in [0, 0.1) is 11.6 Å². The van der Waals surface area contributed by atoms with E-state index < -0.39 is 43.7 Å². The van der Waals surface area contributed by atoms with Crippen LogP contribution in [0.1, 0.15) is 24.1 Å². The van der Waals surface area contributed by atoms with Gasteiger partial charge in [-0.15, -0.1) is 5.48 Å². The van der Waals surface area contributed by atoms with Crippen LogP contribution in [0.15, 0.2) is 48.2 Å². The maximum atomic E-state index is 14.7. The van der Waals surface area contributed by atoms with Crippen molar-refractivity contribution in [1.29, 1.82) is 0 Å². The molecule has 10 heteroatoms. The molecule has 0 aliphatic carbocycles. The second-order valence-corrected chi connectivity index (χ2v) is 13.9. The first-order chi connectivity index (χ1) is 16.0. The van der Waals surface area contributed by atoms with E-state index in [1.54, 1.807) is 24.3 Å². The lowest BCUT2D eigenvalue weighted by Gasteiger charge is -2.21. The van der Waals surface area contributed by atoms with Crippen molar-refractivity contribution in [3.63, 3.8) is 0 Å². The van der Waals surface area contributed by atoms with Crippen LogP contribution >= 0.6 is 0 Å². The minimum Gasteiger partial charge on any atom is -0.494 e. The van der Waals surface area contributed by atoms with Crippen molar-refractivity contribution in [1.82, 2.24) is 10.8 Å². The highest BCUT2D eigenvalue weighted by molar-refractivity contribution is 6.88. The fourth-order valence-electron chi connectivity index (χ4n) is 3.68. The number of carbonyl (C=O) groups excluding carboxylic acids is 2. The first-order valence-electron chi connectivity index (χ1n) is 10.9. The average Bonchev–Trinajstić information content (AvgIpc) is 3.17. The molecule has 2 aromatic rings. The predicted molar refractivity (Wildman–Crippen MR) is 125 cm³/mol. The number of nitrogens with one attached hydrogen (secondary N) is 2. The molecule has 0 fully saturated rings. The lowest BCUT2D eigenvalue weighted by Crippen LogP contribution is -2.42. The van der Waals surface area contributed by atoms with Gasteiger partial charge in [0.2, 0.25) is 5.76 Å². The Hall–Kier alpha value is -3.08. The van der Waals surface area contributed by atoms with E-state index in [1.165, 1.54) is 12.1 Å². The summed E-state index contributed by atoms with van der Waals surface area (Å²) in [6, 6.07) is 7.78. The van der Waals surface area contributed by atoms with Gasteiger partial charge in [-0.2, -0.15) is 0 Å². The number of amides is 1. The molecule has 0 aromatic heterocycles. The van der Waals surface area contributed by atoms with E-state index in [0.717, 1.165) is 6.08 Å². The summed E-state index contributed by atoms with van der Waals surface area (Å²) in [5, 5.41) is 12.1. The summed E-state index contributed by atoms with van der Waals surface area (Å²) in [5.74, 6) is -2.18. The van der Waals surface area contributed by atoms with Gasteiger partial charge in [0, 0.05) is 17.7 Å². The number of halogens is 2. The molecule has 2 atom stereocenters. The van der Waals surface area contributed by atoms with Gasteiger partial charge in [-0.05, 0) is 42.3 Å². The summed E-state index contributed by atoms with van der Waals surface area (Å²) in [4.78, 5) is 30.8. The van der Waals surface area contributed by atoms with Gasteiger partial charge in [-0.3, -0.25) is 9.59 Å². The van der Waals surface area contributed by atoms with Crippen molar-refractivity contribution in [2.45, 2.75) is 45.3 Å². The second kappa shape index (κ2) is 10.5. The number of hydrogen-bond acceptors (Lipinski definition) is 6. The lowest BCUT2D eigenvalue weighted by atomic mass is 9.97. The molecule has 3 N–H and O–H groups in total. The van der Waals surface area contributed by atoms with Crippen LogP contribution in [0.2, 0.25) is 19.6 Å². The monoisotopic (exact) mass is 490 g/mol. The van der Waals surface area contributed by atoms with Gasteiger partial charge in [-0.25, -0.2) is 8.78 Å². The molecule has 0 spiro atoms. The number of rotatable bonds is 9. The molecular weight excluding hydrogens is 462 g/mol. The number of aliphatic hydroxyl groups is 1. The minimum absolute atomic E-state index is 0.0800. The third kappa shape index (κ3) is 6.07. The van der Waals surface area contributed by atoms with E-state index in [0.29, 0.717) is 17.9 Å². The Balaban J connectivity index is 1.88. The maximum Gasteiger partial charge on any atom is 0.289 e. The highest BCUT2D eigenvalue weighted by atomic mass is 28.3. The largest absolute Gasteiger partial charge is 0.494 e. The van der Waals surface area contributed by atoms with Crippen molar-refractivity contribution in [2.75, 3.05) is 6.61 Å². The molecule has 2 unspecified atom stereocenters. The van der Waals surface area contributed by atoms with E-state index >= 15 is 0 Å². The Bertz CT molecular complexity index is 1080. The molecule has 182 valence electrons. The first-order valence-corrected chi connectivity index (χ1v) is 14.4. The SMILES string of the molecule is CCOc1ccc(C(NC(=O)C2=CC(O)NO2)C(=O)Cc2cc(F)c([Si](C)(C)C)c(F)c2)cc1. The normalized spacial score (nSPS) is 16.4. The Morgan fingerprint density at radius 1 is 1.18 bits per heavy atom. The van der Waals surface area contributed by atoms with Crippen LogP contribution < -0.4 is 20.7 Å². The molecule has 3 rings (SSSR count). The number of hydrogen-bond donors (Lipinski definition) is 3. The van der Waals surface area contributed by atoms with Gasteiger partial charge in [0.15, 0.2) is 12.0 Å². The van der Waals surface area contributed by atoms with Crippen LogP contribution in [0.3, 0.4) is 0 Å². The van der Waals surface area contributed by atoms with Crippen molar-refractivity contribution in [3.8, 4) is 5.75 Å². The van der Waals surface area contributed by atoms with Crippen molar-refractivity contribution >= 4 is 25.0 Å². The number of benzene rings is 2. The molecule has 1 aliphatic heterocycles. The molecule has 7 nitrogen and oxygen atoms in total. The molecule has 0 radical (unpaired) electrons. The van der Waals surface area contributed by atoms with E-state index in [9.17, 15) is 23.5 Å². The molecular formula is C24H28F2N2O5Si. The standard InChI is InChI=1S/C24H28F2N2O5Si/c1-5-32-16-8-6-15(7-9-16)22(27-24(31)20-13-21(30)28-33-20)19(29)12-14-10-17(25)23(18(26)11-14)34(2,3)4/h6-11,13,21-22,28,30H,5,12H2,1-4H3,(H,27,31). The number of ether oxygens (including phenoxy) is 1. The van der Waals surface area contributed by atoms with Gasteiger partial charge in [0.25, 0.3) is 5.91 Å². The number of Topliss-reactive ketones (excluding diaryl/α,β-unsaturated/α-hetero) is 1. The maximum absolute atomic E-state index is 14.7. The second-order valence-electron chi connectivity index (χ2n) is 8.93. The summed E-state index contributed by atoms with van der Waals surface area (Å²) >= 11 is 0.